The summed E-state index contributed by atoms with van der Waals surface area (Å²) >= 11 is 5.81. The lowest BCUT2D eigenvalue weighted by Crippen LogP contribution is -2.20. The SMILES string of the molecule is CC(=O)NCCC=Cc1ccc(Cl)c(C=O)c1. The molecule has 0 saturated heterocycles. The Morgan fingerprint density at radius 1 is 1.47 bits per heavy atom. The average Bonchev–Trinajstić information content (AvgIpc) is 2.30. The Morgan fingerprint density at radius 3 is 2.88 bits per heavy atom. The molecule has 0 fully saturated rings. The first-order valence-electron chi connectivity index (χ1n) is 5.29. The summed E-state index contributed by atoms with van der Waals surface area (Å²) in [5.74, 6) is -0.0341. The van der Waals surface area contributed by atoms with Crippen molar-refractivity contribution in [2.75, 3.05) is 6.54 Å². The lowest BCUT2D eigenvalue weighted by molar-refractivity contribution is -0.118. The standard InChI is InChI=1S/C13H14ClNO2/c1-10(17)15-7-3-2-4-11-5-6-13(14)12(8-11)9-16/h2,4-6,8-9H,3,7H2,1H3,(H,15,17). The molecule has 0 saturated carbocycles. The van der Waals surface area contributed by atoms with Crippen molar-refractivity contribution in [2.24, 2.45) is 0 Å². The zero-order valence-electron chi connectivity index (χ0n) is 9.57. The normalized spacial score (nSPS) is 10.5. The molecule has 0 aliphatic heterocycles. The Balaban J connectivity index is 2.53. The molecule has 0 unspecified atom stereocenters. The van der Waals surface area contributed by atoms with Crippen LogP contribution in [0.5, 0.6) is 0 Å². The second-order valence-corrected chi connectivity index (χ2v) is 3.98. The van der Waals surface area contributed by atoms with Gasteiger partial charge >= 0.3 is 0 Å². The molecule has 0 radical (unpaired) electrons. The van der Waals surface area contributed by atoms with Crippen LogP contribution in [0.25, 0.3) is 6.08 Å². The van der Waals surface area contributed by atoms with Crippen LogP contribution in [0, 0.1) is 0 Å². The van der Waals surface area contributed by atoms with Crippen LogP contribution in [-0.2, 0) is 4.79 Å². The predicted molar refractivity (Wildman–Crippen MR) is 69.2 cm³/mol. The van der Waals surface area contributed by atoms with Crippen LogP contribution >= 0.6 is 11.6 Å². The fourth-order valence-electron chi connectivity index (χ4n) is 1.31. The monoisotopic (exact) mass is 251 g/mol. The molecule has 0 heterocycles. The summed E-state index contributed by atoms with van der Waals surface area (Å²) in [4.78, 5) is 21.3. The van der Waals surface area contributed by atoms with Crippen molar-refractivity contribution in [1.82, 2.24) is 5.32 Å². The molecular weight excluding hydrogens is 238 g/mol. The molecule has 1 rings (SSSR count). The molecule has 4 heteroatoms. The van der Waals surface area contributed by atoms with Gasteiger partial charge in [0.05, 0.1) is 5.02 Å². The van der Waals surface area contributed by atoms with E-state index in [0.717, 1.165) is 18.3 Å². The van der Waals surface area contributed by atoms with Crippen molar-refractivity contribution in [3.63, 3.8) is 0 Å². The van der Waals surface area contributed by atoms with E-state index in [4.69, 9.17) is 11.6 Å². The van der Waals surface area contributed by atoms with E-state index in [2.05, 4.69) is 5.32 Å². The van der Waals surface area contributed by atoms with Crippen LogP contribution in [0.3, 0.4) is 0 Å². The van der Waals surface area contributed by atoms with Crippen LogP contribution in [0.15, 0.2) is 24.3 Å². The van der Waals surface area contributed by atoms with Gasteiger partial charge in [-0.15, -0.1) is 0 Å². The van der Waals surface area contributed by atoms with Crippen LogP contribution in [0.1, 0.15) is 29.3 Å². The summed E-state index contributed by atoms with van der Waals surface area (Å²) in [7, 11) is 0. The smallest absolute Gasteiger partial charge is 0.216 e. The highest BCUT2D eigenvalue weighted by atomic mass is 35.5. The number of hydrogen-bond acceptors (Lipinski definition) is 2. The van der Waals surface area contributed by atoms with Gasteiger partial charge in [-0.3, -0.25) is 9.59 Å². The van der Waals surface area contributed by atoms with Crippen molar-refractivity contribution < 1.29 is 9.59 Å². The maximum Gasteiger partial charge on any atom is 0.216 e. The topological polar surface area (TPSA) is 46.2 Å². The minimum absolute atomic E-state index is 0.0341. The minimum atomic E-state index is -0.0341. The van der Waals surface area contributed by atoms with E-state index in [1.807, 2.05) is 18.2 Å². The van der Waals surface area contributed by atoms with Crippen LogP contribution in [0.2, 0.25) is 5.02 Å². The molecule has 0 bridgehead atoms. The van der Waals surface area contributed by atoms with Gasteiger partial charge in [-0.2, -0.15) is 0 Å². The molecule has 1 aromatic rings. The average molecular weight is 252 g/mol. The minimum Gasteiger partial charge on any atom is -0.356 e. The Hall–Kier alpha value is -1.61. The highest BCUT2D eigenvalue weighted by molar-refractivity contribution is 6.33. The number of amides is 1. The number of aldehydes is 1. The molecular formula is C13H14ClNO2. The molecule has 0 aliphatic rings. The van der Waals surface area contributed by atoms with E-state index in [-0.39, 0.29) is 5.91 Å². The summed E-state index contributed by atoms with van der Waals surface area (Å²) in [5.41, 5.74) is 1.40. The first-order chi connectivity index (χ1) is 8.13. The van der Waals surface area contributed by atoms with Gasteiger partial charge in [0.2, 0.25) is 5.91 Å². The van der Waals surface area contributed by atoms with Gasteiger partial charge in [0.15, 0.2) is 6.29 Å². The van der Waals surface area contributed by atoms with Gasteiger partial charge in [0, 0.05) is 19.0 Å². The van der Waals surface area contributed by atoms with Gasteiger partial charge < -0.3 is 5.32 Å². The quantitative estimate of drug-likeness (QED) is 0.646. The van der Waals surface area contributed by atoms with Crippen LogP contribution < -0.4 is 5.32 Å². The molecule has 1 N–H and O–H groups in total. The molecule has 0 atom stereocenters. The van der Waals surface area contributed by atoms with E-state index in [0.29, 0.717) is 17.1 Å². The molecule has 0 aliphatic carbocycles. The van der Waals surface area contributed by atoms with E-state index in [1.54, 1.807) is 12.1 Å². The lowest BCUT2D eigenvalue weighted by Gasteiger charge is -1.99. The number of benzene rings is 1. The van der Waals surface area contributed by atoms with Crippen LogP contribution in [-0.4, -0.2) is 18.7 Å². The zero-order valence-corrected chi connectivity index (χ0v) is 10.3. The number of nitrogens with one attached hydrogen (secondary N) is 1. The van der Waals surface area contributed by atoms with Gasteiger partial charge in [-0.05, 0) is 24.1 Å². The van der Waals surface area contributed by atoms with Crippen molar-refractivity contribution in [2.45, 2.75) is 13.3 Å². The van der Waals surface area contributed by atoms with Crippen molar-refractivity contribution >= 4 is 29.9 Å². The first kappa shape index (κ1) is 13.5. The van der Waals surface area contributed by atoms with E-state index < -0.39 is 0 Å². The molecule has 1 aromatic carbocycles. The Morgan fingerprint density at radius 2 is 2.24 bits per heavy atom. The largest absolute Gasteiger partial charge is 0.356 e. The van der Waals surface area contributed by atoms with Gasteiger partial charge in [0.25, 0.3) is 0 Å². The number of carbonyl (C=O) groups excluding carboxylic acids is 2. The number of carbonyl (C=O) groups is 2. The maximum atomic E-state index is 10.7. The molecule has 17 heavy (non-hydrogen) atoms. The maximum absolute atomic E-state index is 10.7. The summed E-state index contributed by atoms with van der Waals surface area (Å²) in [6.45, 7) is 2.10. The highest BCUT2D eigenvalue weighted by Gasteiger charge is 1.98. The first-order valence-corrected chi connectivity index (χ1v) is 5.67. The summed E-state index contributed by atoms with van der Waals surface area (Å²) in [6.07, 6.45) is 5.31. The Kier molecular flexibility index (Phi) is 5.43. The third kappa shape index (κ3) is 4.83. The predicted octanol–water partition coefficient (Wildman–Crippen LogP) is 2.69. The summed E-state index contributed by atoms with van der Waals surface area (Å²) in [6, 6.07) is 5.26. The molecule has 0 aromatic heterocycles. The lowest BCUT2D eigenvalue weighted by atomic mass is 10.1. The fraction of sp³-hybridized carbons (Fsp3) is 0.231. The van der Waals surface area contributed by atoms with E-state index in [9.17, 15) is 9.59 Å². The van der Waals surface area contributed by atoms with Crippen LogP contribution in [0.4, 0.5) is 0 Å². The Labute approximate surface area is 105 Å². The summed E-state index contributed by atoms with van der Waals surface area (Å²) in [5, 5.41) is 3.15. The zero-order chi connectivity index (χ0) is 12.7. The Bertz CT molecular complexity index is 441. The second kappa shape index (κ2) is 6.86. The number of hydrogen-bond donors (Lipinski definition) is 1. The number of rotatable bonds is 5. The molecule has 0 spiro atoms. The second-order valence-electron chi connectivity index (χ2n) is 3.57. The third-order valence-corrected chi connectivity index (χ3v) is 2.49. The molecule has 1 amide bonds. The van der Waals surface area contributed by atoms with Gasteiger partial charge in [-0.25, -0.2) is 0 Å². The fourth-order valence-corrected chi connectivity index (χ4v) is 1.47. The van der Waals surface area contributed by atoms with Gasteiger partial charge in [-0.1, -0.05) is 29.8 Å². The van der Waals surface area contributed by atoms with E-state index in [1.165, 1.54) is 6.92 Å². The number of halogens is 1. The molecule has 3 nitrogen and oxygen atoms in total. The summed E-state index contributed by atoms with van der Waals surface area (Å²) < 4.78 is 0. The molecule has 90 valence electrons. The third-order valence-electron chi connectivity index (χ3n) is 2.14. The van der Waals surface area contributed by atoms with E-state index >= 15 is 0 Å². The van der Waals surface area contributed by atoms with Crippen molar-refractivity contribution in [3.8, 4) is 0 Å². The highest BCUT2D eigenvalue weighted by Crippen LogP contribution is 2.16. The van der Waals surface area contributed by atoms with Gasteiger partial charge in [0.1, 0.15) is 0 Å². The van der Waals surface area contributed by atoms with Crippen molar-refractivity contribution in [1.29, 1.82) is 0 Å². The van der Waals surface area contributed by atoms with Crippen molar-refractivity contribution in [3.05, 3.63) is 40.4 Å².